The highest BCUT2D eigenvalue weighted by atomic mass is 16.5. The number of ether oxygens (including phenoxy) is 2. The van der Waals surface area contributed by atoms with E-state index in [0.29, 0.717) is 28.4 Å². The lowest BCUT2D eigenvalue weighted by Crippen LogP contribution is -2.29. The van der Waals surface area contributed by atoms with Gasteiger partial charge in [-0.2, -0.15) is 0 Å². The number of ketones is 1. The molecule has 33 heavy (non-hydrogen) atoms. The van der Waals surface area contributed by atoms with Crippen LogP contribution in [0, 0.1) is 6.92 Å². The van der Waals surface area contributed by atoms with Gasteiger partial charge in [-0.25, -0.2) is 0 Å². The number of aryl methyl sites for hydroxylation is 1. The van der Waals surface area contributed by atoms with Crippen molar-refractivity contribution in [2.75, 3.05) is 12.0 Å². The van der Waals surface area contributed by atoms with Crippen LogP contribution in [0.3, 0.4) is 0 Å². The van der Waals surface area contributed by atoms with Crippen LogP contribution in [0.5, 0.6) is 11.5 Å². The van der Waals surface area contributed by atoms with E-state index in [1.807, 2.05) is 13.8 Å². The molecular formula is C25H24N2O6. The number of nitrogens with zero attached hydrogens (tertiary/aromatic N) is 2. The van der Waals surface area contributed by atoms with Crippen molar-refractivity contribution >= 4 is 23.3 Å². The van der Waals surface area contributed by atoms with E-state index in [0.717, 1.165) is 0 Å². The molecule has 1 amide bonds. The fourth-order valence-electron chi connectivity index (χ4n) is 3.76. The van der Waals surface area contributed by atoms with E-state index in [-0.39, 0.29) is 23.3 Å². The molecule has 1 fully saturated rings. The summed E-state index contributed by atoms with van der Waals surface area (Å²) >= 11 is 0. The van der Waals surface area contributed by atoms with Gasteiger partial charge in [0.1, 0.15) is 23.0 Å². The van der Waals surface area contributed by atoms with Gasteiger partial charge in [0.25, 0.3) is 5.78 Å². The van der Waals surface area contributed by atoms with Crippen molar-refractivity contribution in [2.45, 2.75) is 32.9 Å². The fourth-order valence-corrected chi connectivity index (χ4v) is 3.76. The highest BCUT2D eigenvalue weighted by Gasteiger charge is 2.48. The van der Waals surface area contributed by atoms with Crippen molar-refractivity contribution in [3.05, 3.63) is 77.1 Å². The molecule has 0 spiro atoms. The number of carbonyl (C=O) groups excluding carboxylic acids is 2. The second kappa shape index (κ2) is 8.82. The van der Waals surface area contributed by atoms with Gasteiger partial charge >= 0.3 is 5.91 Å². The molecule has 1 aliphatic heterocycles. The van der Waals surface area contributed by atoms with Gasteiger partial charge in [-0.3, -0.25) is 14.5 Å². The molecule has 1 aliphatic rings. The molecule has 0 bridgehead atoms. The molecule has 8 heteroatoms. The molecular weight excluding hydrogens is 424 g/mol. The van der Waals surface area contributed by atoms with Gasteiger partial charge in [-0.15, -0.1) is 0 Å². The Labute approximate surface area is 191 Å². The first kappa shape index (κ1) is 22.1. The molecule has 2 heterocycles. The predicted molar refractivity (Wildman–Crippen MR) is 121 cm³/mol. The standard InChI is InChI=1S/C25H24N2O6/c1-14(2)32-19-11-7-17(8-12-19)23(28)21-22(16-5-9-18(31-4)10-6-16)27(25(30)24(21)29)20-13-15(3)33-26-20/h5-14,22,28H,1-4H3/b23-21+. The normalized spacial score (nSPS) is 17.6. The summed E-state index contributed by atoms with van der Waals surface area (Å²) in [6, 6.07) is 14.3. The Hall–Kier alpha value is -4.07. The lowest BCUT2D eigenvalue weighted by Gasteiger charge is -2.23. The SMILES string of the molecule is COc1ccc(C2/C(=C(\O)c3ccc(OC(C)C)cc3)C(=O)C(=O)N2c2cc(C)on2)cc1. The summed E-state index contributed by atoms with van der Waals surface area (Å²) in [6.07, 6.45) is -0.00393. The van der Waals surface area contributed by atoms with E-state index in [4.69, 9.17) is 14.0 Å². The number of aliphatic hydroxyl groups excluding tert-OH is 1. The number of Topliss-reactive ketones (excluding diaryl/α,β-unsaturated/α-hetero) is 1. The molecule has 170 valence electrons. The van der Waals surface area contributed by atoms with E-state index >= 15 is 0 Å². The third kappa shape index (κ3) is 4.19. The number of aliphatic hydroxyl groups is 1. The second-order valence-electron chi connectivity index (χ2n) is 7.93. The van der Waals surface area contributed by atoms with Crippen molar-refractivity contribution in [3.8, 4) is 11.5 Å². The monoisotopic (exact) mass is 448 g/mol. The minimum atomic E-state index is -0.896. The topological polar surface area (TPSA) is 102 Å². The number of aromatic nitrogens is 1. The zero-order valence-corrected chi connectivity index (χ0v) is 18.7. The number of methoxy groups -OCH3 is 1. The molecule has 0 radical (unpaired) electrons. The molecule has 8 nitrogen and oxygen atoms in total. The molecule has 1 N–H and O–H groups in total. The Balaban J connectivity index is 1.84. The first-order valence-electron chi connectivity index (χ1n) is 10.5. The van der Waals surface area contributed by atoms with Gasteiger partial charge in [0.15, 0.2) is 5.82 Å². The van der Waals surface area contributed by atoms with E-state index in [1.54, 1.807) is 68.6 Å². The Kier molecular flexibility index (Phi) is 5.91. The van der Waals surface area contributed by atoms with E-state index in [1.165, 1.54) is 4.90 Å². The van der Waals surface area contributed by atoms with Crippen LogP contribution in [0.1, 0.15) is 36.8 Å². The summed E-state index contributed by atoms with van der Waals surface area (Å²) in [4.78, 5) is 27.4. The maximum atomic E-state index is 13.1. The number of carbonyl (C=O) groups is 2. The number of amides is 1. The van der Waals surface area contributed by atoms with Crippen LogP contribution in [0.25, 0.3) is 5.76 Å². The number of hydrogen-bond acceptors (Lipinski definition) is 7. The third-order valence-corrected chi connectivity index (χ3v) is 5.24. The van der Waals surface area contributed by atoms with Crippen LogP contribution in [0.15, 0.2) is 64.7 Å². The van der Waals surface area contributed by atoms with Crippen molar-refractivity contribution in [3.63, 3.8) is 0 Å². The molecule has 4 rings (SSSR count). The summed E-state index contributed by atoms with van der Waals surface area (Å²) in [5, 5.41) is 15.1. The Bertz CT molecular complexity index is 1210. The van der Waals surface area contributed by atoms with Crippen molar-refractivity contribution in [2.24, 2.45) is 0 Å². The summed E-state index contributed by atoms with van der Waals surface area (Å²) in [7, 11) is 1.55. The largest absolute Gasteiger partial charge is 0.507 e. The lowest BCUT2D eigenvalue weighted by molar-refractivity contribution is -0.132. The van der Waals surface area contributed by atoms with Gasteiger partial charge in [-0.1, -0.05) is 17.3 Å². The molecule has 1 aromatic heterocycles. The predicted octanol–water partition coefficient (Wildman–Crippen LogP) is 4.41. The molecule has 1 atom stereocenters. The minimum Gasteiger partial charge on any atom is -0.507 e. The van der Waals surface area contributed by atoms with Crippen LogP contribution in [-0.2, 0) is 9.59 Å². The van der Waals surface area contributed by atoms with Crippen molar-refractivity contribution in [1.82, 2.24) is 5.16 Å². The molecule has 3 aromatic rings. The third-order valence-electron chi connectivity index (χ3n) is 5.24. The maximum Gasteiger partial charge on any atom is 0.301 e. The summed E-state index contributed by atoms with van der Waals surface area (Å²) in [5.41, 5.74) is 0.958. The van der Waals surface area contributed by atoms with Gasteiger partial charge in [0.05, 0.1) is 24.8 Å². The van der Waals surface area contributed by atoms with Crippen LogP contribution in [0.4, 0.5) is 5.82 Å². The van der Waals surface area contributed by atoms with Gasteiger partial charge in [-0.05, 0) is 62.7 Å². The summed E-state index contributed by atoms with van der Waals surface area (Å²) in [5.74, 6) is 0.0339. The average molecular weight is 448 g/mol. The number of anilines is 1. The Morgan fingerprint density at radius 3 is 2.24 bits per heavy atom. The number of benzene rings is 2. The zero-order valence-electron chi connectivity index (χ0n) is 18.7. The molecule has 2 aromatic carbocycles. The van der Waals surface area contributed by atoms with E-state index in [9.17, 15) is 14.7 Å². The second-order valence-corrected chi connectivity index (χ2v) is 7.93. The van der Waals surface area contributed by atoms with Crippen molar-refractivity contribution in [1.29, 1.82) is 0 Å². The van der Waals surface area contributed by atoms with Gasteiger partial charge in [0, 0.05) is 11.6 Å². The lowest BCUT2D eigenvalue weighted by atomic mass is 9.95. The van der Waals surface area contributed by atoms with E-state index < -0.39 is 17.7 Å². The van der Waals surface area contributed by atoms with Crippen LogP contribution >= 0.6 is 0 Å². The zero-order chi connectivity index (χ0) is 23.7. The molecule has 1 unspecified atom stereocenters. The quantitative estimate of drug-likeness (QED) is 0.339. The smallest absolute Gasteiger partial charge is 0.301 e. The van der Waals surface area contributed by atoms with Crippen molar-refractivity contribution < 1.29 is 28.7 Å². The first-order chi connectivity index (χ1) is 15.8. The maximum absolute atomic E-state index is 13.1. The summed E-state index contributed by atoms with van der Waals surface area (Å²) < 4.78 is 16.0. The van der Waals surface area contributed by atoms with E-state index in [2.05, 4.69) is 5.16 Å². The minimum absolute atomic E-state index is 0.00393. The average Bonchev–Trinajstić information content (AvgIpc) is 3.34. The van der Waals surface area contributed by atoms with Gasteiger partial charge in [0.2, 0.25) is 0 Å². The molecule has 0 saturated carbocycles. The summed E-state index contributed by atoms with van der Waals surface area (Å²) in [6.45, 7) is 5.52. The van der Waals surface area contributed by atoms with Crippen LogP contribution < -0.4 is 14.4 Å². The highest BCUT2D eigenvalue weighted by molar-refractivity contribution is 6.51. The van der Waals surface area contributed by atoms with Crippen LogP contribution in [-0.4, -0.2) is 35.2 Å². The first-order valence-corrected chi connectivity index (χ1v) is 10.5. The Morgan fingerprint density at radius 1 is 1.06 bits per heavy atom. The molecule has 0 aliphatic carbocycles. The number of hydrogen-bond donors (Lipinski definition) is 1. The van der Waals surface area contributed by atoms with Crippen LogP contribution in [0.2, 0.25) is 0 Å². The molecule has 1 saturated heterocycles. The highest BCUT2D eigenvalue weighted by Crippen LogP contribution is 2.42. The van der Waals surface area contributed by atoms with Gasteiger partial charge < -0.3 is 19.1 Å². The Morgan fingerprint density at radius 2 is 1.70 bits per heavy atom. The number of rotatable bonds is 6. The fraction of sp³-hybridized carbons (Fsp3) is 0.240.